The van der Waals surface area contributed by atoms with Gasteiger partial charge in [0.05, 0.1) is 17.2 Å². The SMILES string of the molecule is CC[C@H](C(=O)N(C)C)n1cnc2cccc(C)c2c1=O. The molecule has 1 heterocycles. The molecule has 0 bridgehead atoms. The van der Waals surface area contributed by atoms with Gasteiger partial charge < -0.3 is 4.90 Å². The van der Waals surface area contributed by atoms with Crippen LogP contribution in [0.5, 0.6) is 0 Å². The maximum absolute atomic E-state index is 12.6. The molecular weight excluding hydrogens is 254 g/mol. The Morgan fingerprint density at radius 1 is 1.40 bits per heavy atom. The van der Waals surface area contributed by atoms with Gasteiger partial charge in [-0.1, -0.05) is 19.1 Å². The van der Waals surface area contributed by atoms with E-state index >= 15 is 0 Å². The number of likely N-dealkylation sites (N-methyl/N-ethyl adjacent to an activating group) is 1. The minimum absolute atomic E-state index is 0.0932. The van der Waals surface area contributed by atoms with E-state index in [1.54, 1.807) is 14.1 Å². The lowest BCUT2D eigenvalue weighted by atomic mass is 10.1. The van der Waals surface area contributed by atoms with Crippen LogP contribution in [0.2, 0.25) is 0 Å². The summed E-state index contributed by atoms with van der Waals surface area (Å²) in [5.74, 6) is -0.0932. The highest BCUT2D eigenvalue weighted by Crippen LogP contribution is 2.15. The molecule has 20 heavy (non-hydrogen) atoms. The van der Waals surface area contributed by atoms with Crippen LogP contribution >= 0.6 is 0 Å². The third-order valence-corrected chi connectivity index (χ3v) is 3.47. The molecule has 0 spiro atoms. The van der Waals surface area contributed by atoms with Crippen LogP contribution in [-0.2, 0) is 4.79 Å². The molecule has 106 valence electrons. The van der Waals surface area contributed by atoms with Gasteiger partial charge >= 0.3 is 0 Å². The van der Waals surface area contributed by atoms with Crippen molar-refractivity contribution in [3.05, 3.63) is 40.4 Å². The van der Waals surface area contributed by atoms with Gasteiger partial charge in [-0.25, -0.2) is 4.98 Å². The highest BCUT2D eigenvalue weighted by molar-refractivity contribution is 5.83. The highest BCUT2D eigenvalue weighted by Gasteiger charge is 2.22. The first-order valence-corrected chi connectivity index (χ1v) is 6.65. The summed E-state index contributed by atoms with van der Waals surface area (Å²) in [4.78, 5) is 30.6. The molecule has 5 heteroatoms. The zero-order valence-electron chi connectivity index (χ0n) is 12.3. The quantitative estimate of drug-likeness (QED) is 0.856. The number of hydrogen-bond acceptors (Lipinski definition) is 3. The van der Waals surface area contributed by atoms with Crippen LogP contribution < -0.4 is 5.56 Å². The van der Waals surface area contributed by atoms with E-state index in [9.17, 15) is 9.59 Å². The second kappa shape index (κ2) is 5.45. The van der Waals surface area contributed by atoms with Gasteiger partial charge in [-0.2, -0.15) is 0 Å². The largest absolute Gasteiger partial charge is 0.347 e. The minimum atomic E-state index is -0.506. The van der Waals surface area contributed by atoms with E-state index in [2.05, 4.69) is 4.98 Å². The first kappa shape index (κ1) is 14.2. The summed E-state index contributed by atoms with van der Waals surface area (Å²) in [6.45, 7) is 3.77. The maximum atomic E-state index is 12.6. The average Bonchev–Trinajstić information content (AvgIpc) is 2.41. The monoisotopic (exact) mass is 273 g/mol. The number of aromatic nitrogens is 2. The van der Waals surface area contributed by atoms with E-state index in [-0.39, 0.29) is 11.5 Å². The Morgan fingerprint density at radius 3 is 2.70 bits per heavy atom. The molecule has 0 unspecified atom stereocenters. The van der Waals surface area contributed by atoms with Crippen molar-refractivity contribution in [1.29, 1.82) is 0 Å². The standard InChI is InChI=1S/C15H19N3O2/c1-5-12(14(19)17(3)4)18-9-16-11-8-6-7-10(2)13(11)15(18)20/h6-9,12H,5H2,1-4H3/t12-/m1/s1. The second-order valence-corrected chi connectivity index (χ2v) is 5.08. The van der Waals surface area contributed by atoms with Crippen molar-refractivity contribution in [2.75, 3.05) is 14.1 Å². The Morgan fingerprint density at radius 2 is 2.10 bits per heavy atom. The summed E-state index contributed by atoms with van der Waals surface area (Å²) >= 11 is 0. The van der Waals surface area contributed by atoms with Gasteiger partial charge in [-0.3, -0.25) is 14.2 Å². The number of benzene rings is 1. The molecule has 2 rings (SSSR count). The van der Waals surface area contributed by atoms with Crippen LogP contribution in [0.3, 0.4) is 0 Å². The number of hydrogen-bond donors (Lipinski definition) is 0. The molecule has 5 nitrogen and oxygen atoms in total. The zero-order valence-corrected chi connectivity index (χ0v) is 12.3. The van der Waals surface area contributed by atoms with E-state index in [4.69, 9.17) is 0 Å². The van der Waals surface area contributed by atoms with Gasteiger partial charge in [-0.15, -0.1) is 0 Å². The maximum Gasteiger partial charge on any atom is 0.262 e. The number of carbonyl (C=O) groups is 1. The van der Waals surface area contributed by atoms with Crippen molar-refractivity contribution in [1.82, 2.24) is 14.5 Å². The molecule has 0 saturated heterocycles. The molecule has 0 saturated carbocycles. The summed E-state index contributed by atoms with van der Waals surface area (Å²) in [6, 6.07) is 5.05. The summed E-state index contributed by atoms with van der Waals surface area (Å²) in [6.07, 6.45) is 2.02. The normalized spacial score (nSPS) is 12.4. The number of rotatable bonds is 3. The first-order chi connectivity index (χ1) is 9.47. The van der Waals surface area contributed by atoms with Crippen molar-refractivity contribution in [3.8, 4) is 0 Å². The van der Waals surface area contributed by atoms with Crippen LogP contribution in [0.25, 0.3) is 10.9 Å². The zero-order chi connectivity index (χ0) is 14.9. The fourth-order valence-corrected chi connectivity index (χ4v) is 2.35. The summed E-state index contributed by atoms with van der Waals surface area (Å²) in [7, 11) is 3.38. The third kappa shape index (κ3) is 2.31. The molecule has 1 aromatic carbocycles. The number of aryl methyl sites for hydroxylation is 1. The Hall–Kier alpha value is -2.17. The van der Waals surface area contributed by atoms with Crippen LogP contribution in [0.1, 0.15) is 24.9 Å². The van der Waals surface area contributed by atoms with Crippen molar-refractivity contribution in [3.63, 3.8) is 0 Å². The predicted molar refractivity (Wildman–Crippen MR) is 78.8 cm³/mol. The van der Waals surface area contributed by atoms with Gasteiger partial charge in [0.2, 0.25) is 5.91 Å². The molecule has 0 aliphatic carbocycles. The highest BCUT2D eigenvalue weighted by atomic mass is 16.2. The number of carbonyl (C=O) groups excluding carboxylic acids is 1. The third-order valence-electron chi connectivity index (χ3n) is 3.47. The van der Waals surface area contributed by atoms with Crippen molar-refractivity contribution >= 4 is 16.8 Å². The Labute approximate surface area is 117 Å². The van der Waals surface area contributed by atoms with E-state index < -0.39 is 6.04 Å². The van der Waals surface area contributed by atoms with E-state index in [0.717, 1.165) is 5.56 Å². The Balaban J connectivity index is 2.66. The molecule has 0 radical (unpaired) electrons. The summed E-state index contributed by atoms with van der Waals surface area (Å²) in [5.41, 5.74) is 1.38. The average molecular weight is 273 g/mol. The van der Waals surface area contributed by atoms with Gasteiger partial charge in [0.15, 0.2) is 0 Å². The lowest BCUT2D eigenvalue weighted by Gasteiger charge is -2.21. The topological polar surface area (TPSA) is 55.2 Å². The second-order valence-electron chi connectivity index (χ2n) is 5.08. The van der Waals surface area contributed by atoms with E-state index in [0.29, 0.717) is 17.3 Å². The van der Waals surface area contributed by atoms with Crippen molar-refractivity contribution in [2.24, 2.45) is 0 Å². The summed E-state index contributed by atoms with van der Waals surface area (Å²) in [5, 5.41) is 0.583. The van der Waals surface area contributed by atoms with E-state index in [1.807, 2.05) is 32.0 Å². The first-order valence-electron chi connectivity index (χ1n) is 6.65. The molecule has 0 N–H and O–H groups in total. The van der Waals surface area contributed by atoms with Crippen molar-refractivity contribution < 1.29 is 4.79 Å². The number of nitrogens with zero attached hydrogens (tertiary/aromatic N) is 3. The predicted octanol–water partition coefficient (Wildman–Crippen LogP) is 1.74. The molecular formula is C15H19N3O2. The lowest BCUT2D eigenvalue weighted by molar-refractivity contribution is -0.132. The van der Waals surface area contributed by atoms with Crippen LogP contribution in [0.4, 0.5) is 0 Å². The molecule has 1 atom stereocenters. The minimum Gasteiger partial charge on any atom is -0.347 e. The van der Waals surface area contributed by atoms with Crippen LogP contribution in [0, 0.1) is 6.92 Å². The van der Waals surface area contributed by atoms with Gasteiger partial charge in [0, 0.05) is 14.1 Å². The fourth-order valence-electron chi connectivity index (χ4n) is 2.35. The van der Waals surface area contributed by atoms with E-state index in [1.165, 1.54) is 15.8 Å². The van der Waals surface area contributed by atoms with Crippen LogP contribution in [-0.4, -0.2) is 34.5 Å². The Bertz CT molecular complexity index is 704. The molecule has 1 amide bonds. The Kier molecular flexibility index (Phi) is 3.88. The van der Waals surface area contributed by atoms with Gasteiger partial charge in [0.25, 0.3) is 5.56 Å². The van der Waals surface area contributed by atoms with Crippen LogP contribution in [0.15, 0.2) is 29.3 Å². The van der Waals surface area contributed by atoms with Gasteiger partial charge in [0.1, 0.15) is 6.04 Å². The molecule has 0 aliphatic rings. The number of fused-ring (bicyclic) bond motifs is 1. The molecule has 0 aliphatic heterocycles. The number of amides is 1. The lowest BCUT2D eigenvalue weighted by Crippen LogP contribution is -2.36. The smallest absolute Gasteiger partial charge is 0.262 e. The fraction of sp³-hybridized carbons (Fsp3) is 0.400. The molecule has 0 fully saturated rings. The van der Waals surface area contributed by atoms with Crippen molar-refractivity contribution in [2.45, 2.75) is 26.3 Å². The van der Waals surface area contributed by atoms with Gasteiger partial charge in [-0.05, 0) is 25.0 Å². The molecule has 2 aromatic rings. The molecule has 1 aromatic heterocycles. The summed E-state index contributed by atoms with van der Waals surface area (Å²) < 4.78 is 1.44.